The first-order chi connectivity index (χ1) is 28.3. The zero-order valence-corrected chi connectivity index (χ0v) is 31.6. The van der Waals surface area contributed by atoms with Gasteiger partial charge in [-0.15, -0.1) is 0 Å². The number of nitrogens with zero attached hydrogens (tertiary/aromatic N) is 3. The monoisotopic (exact) mass is 729 g/mol. The Hall–Kier alpha value is -7.10. The van der Waals surface area contributed by atoms with Crippen LogP contribution in [0.2, 0.25) is 0 Å². The second-order valence-corrected chi connectivity index (χ2v) is 15.6. The van der Waals surface area contributed by atoms with E-state index in [-0.39, 0.29) is 0 Å². The number of hydrogen-bond acceptors (Lipinski definition) is 1. The molecule has 0 amide bonds. The zero-order valence-electron chi connectivity index (χ0n) is 31.6. The molecule has 0 saturated heterocycles. The van der Waals surface area contributed by atoms with Crippen LogP contribution in [0.25, 0.3) is 76.7 Å². The average molecular weight is 730 g/mol. The second-order valence-electron chi connectivity index (χ2n) is 15.6. The molecule has 0 aliphatic heterocycles. The molecule has 2 aliphatic carbocycles. The summed E-state index contributed by atoms with van der Waals surface area (Å²) in [5.74, 6) is 0. The average Bonchev–Trinajstić information content (AvgIpc) is 3.93. The highest BCUT2D eigenvalue weighted by molar-refractivity contribution is 6.24. The minimum atomic E-state index is 0.979. The van der Waals surface area contributed by atoms with Crippen molar-refractivity contribution < 1.29 is 0 Å². The smallest absolute Gasteiger partial charge is 0.0620 e. The number of benzene rings is 7. The van der Waals surface area contributed by atoms with Gasteiger partial charge in [-0.1, -0.05) is 109 Å². The van der Waals surface area contributed by atoms with E-state index in [4.69, 9.17) is 0 Å². The van der Waals surface area contributed by atoms with Gasteiger partial charge >= 0.3 is 0 Å². The normalized spacial score (nSPS) is 14.6. The van der Waals surface area contributed by atoms with Crippen LogP contribution in [0, 0.1) is 0 Å². The molecule has 10 aromatic rings. The molecule has 3 heterocycles. The van der Waals surface area contributed by atoms with Gasteiger partial charge in [0, 0.05) is 55.1 Å². The lowest BCUT2D eigenvalue weighted by molar-refractivity contribution is 0.850. The lowest BCUT2D eigenvalue weighted by Gasteiger charge is -2.30. The molecule has 0 spiro atoms. The number of fused-ring (bicyclic) bond motifs is 9. The molecule has 3 heteroatoms. The fourth-order valence-corrected chi connectivity index (χ4v) is 9.80. The maximum absolute atomic E-state index is 2.47. The Bertz CT molecular complexity index is 3190. The topological polar surface area (TPSA) is 12.6 Å². The van der Waals surface area contributed by atoms with Gasteiger partial charge in [-0.05, 0) is 127 Å². The molecular weight excluding hydrogens is 691 g/mol. The van der Waals surface area contributed by atoms with Crippen molar-refractivity contribution in [2.75, 3.05) is 4.90 Å². The van der Waals surface area contributed by atoms with Crippen molar-refractivity contribution >= 4 is 71.3 Å². The van der Waals surface area contributed by atoms with E-state index in [0.717, 1.165) is 37.1 Å². The summed E-state index contributed by atoms with van der Waals surface area (Å²) in [5, 5.41) is 7.77. The van der Waals surface area contributed by atoms with Crippen LogP contribution in [0.1, 0.15) is 25.7 Å². The summed E-state index contributed by atoms with van der Waals surface area (Å²) < 4.78 is 4.85. The molecule has 3 nitrogen and oxygen atoms in total. The molecule has 270 valence electrons. The van der Waals surface area contributed by atoms with Crippen LogP contribution in [0.3, 0.4) is 0 Å². The van der Waals surface area contributed by atoms with Crippen LogP contribution in [0.4, 0.5) is 11.4 Å². The molecule has 0 bridgehead atoms. The minimum absolute atomic E-state index is 0.979. The summed E-state index contributed by atoms with van der Waals surface area (Å²) in [7, 11) is 0. The van der Waals surface area contributed by atoms with Crippen molar-refractivity contribution in [1.29, 1.82) is 0 Å². The van der Waals surface area contributed by atoms with E-state index in [1.165, 1.54) is 93.6 Å². The highest BCUT2D eigenvalue weighted by atomic mass is 15.1. The number of allylic oxidation sites excluding steroid dienone is 8. The summed E-state index contributed by atoms with van der Waals surface area (Å²) in [6, 6.07) is 58.3. The SMILES string of the molecule is C1=CCCC(C2=CC=C(N(c3ccc(-c4cc5c6ccccc6n6c7ccccc7c(c4)c56)cc3)c3ccc(-n4c5ccccc5c5ccccc54)cc3)CC2)=C1. The minimum Gasteiger partial charge on any atom is -0.314 e. The Morgan fingerprint density at radius 2 is 0.947 bits per heavy atom. The predicted octanol–water partition coefficient (Wildman–Crippen LogP) is 14.6. The lowest BCUT2D eigenvalue weighted by atomic mass is 9.90. The molecule has 0 radical (unpaired) electrons. The quantitative estimate of drug-likeness (QED) is 0.166. The first kappa shape index (κ1) is 32.2. The van der Waals surface area contributed by atoms with Crippen molar-refractivity contribution in [3.05, 3.63) is 205 Å². The number of rotatable bonds is 6. The number of para-hydroxylation sites is 4. The van der Waals surface area contributed by atoms with E-state index in [2.05, 4.69) is 202 Å². The Balaban J connectivity index is 0.971. The van der Waals surface area contributed by atoms with Crippen molar-refractivity contribution in [1.82, 2.24) is 8.97 Å². The molecule has 57 heavy (non-hydrogen) atoms. The van der Waals surface area contributed by atoms with Crippen molar-refractivity contribution in [3.63, 3.8) is 0 Å². The van der Waals surface area contributed by atoms with E-state index < -0.39 is 0 Å². The van der Waals surface area contributed by atoms with E-state index in [0.29, 0.717) is 0 Å². The number of anilines is 2. The molecule has 0 fully saturated rings. The highest BCUT2D eigenvalue weighted by Crippen LogP contribution is 2.43. The first-order valence-electron chi connectivity index (χ1n) is 20.2. The first-order valence-corrected chi connectivity index (χ1v) is 20.2. The second kappa shape index (κ2) is 12.7. The zero-order chi connectivity index (χ0) is 37.5. The van der Waals surface area contributed by atoms with Crippen LogP contribution in [-0.4, -0.2) is 8.97 Å². The van der Waals surface area contributed by atoms with Crippen LogP contribution in [0.15, 0.2) is 205 Å². The summed E-state index contributed by atoms with van der Waals surface area (Å²) in [6.07, 6.45) is 15.8. The predicted molar refractivity (Wildman–Crippen MR) is 241 cm³/mol. The fourth-order valence-electron chi connectivity index (χ4n) is 9.80. The molecule has 3 aromatic heterocycles. The van der Waals surface area contributed by atoms with Crippen LogP contribution in [-0.2, 0) is 0 Å². The van der Waals surface area contributed by atoms with Gasteiger partial charge in [0.15, 0.2) is 0 Å². The molecule has 12 rings (SSSR count). The molecule has 0 N–H and O–H groups in total. The maximum Gasteiger partial charge on any atom is 0.0620 e. The molecular formula is C54H39N3. The van der Waals surface area contributed by atoms with Crippen LogP contribution >= 0.6 is 0 Å². The van der Waals surface area contributed by atoms with Crippen LogP contribution in [0.5, 0.6) is 0 Å². The Morgan fingerprint density at radius 3 is 1.49 bits per heavy atom. The van der Waals surface area contributed by atoms with Crippen molar-refractivity contribution in [2.24, 2.45) is 0 Å². The van der Waals surface area contributed by atoms with Gasteiger partial charge in [-0.2, -0.15) is 0 Å². The van der Waals surface area contributed by atoms with Gasteiger partial charge in [0.1, 0.15) is 0 Å². The van der Waals surface area contributed by atoms with Gasteiger partial charge in [0.05, 0.1) is 27.6 Å². The third kappa shape index (κ3) is 4.98. The van der Waals surface area contributed by atoms with E-state index >= 15 is 0 Å². The van der Waals surface area contributed by atoms with Gasteiger partial charge in [-0.3, -0.25) is 0 Å². The van der Waals surface area contributed by atoms with Gasteiger partial charge in [-0.25, -0.2) is 0 Å². The van der Waals surface area contributed by atoms with E-state index in [9.17, 15) is 0 Å². The van der Waals surface area contributed by atoms with Crippen molar-refractivity contribution in [2.45, 2.75) is 25.7 Å². The molecule has 0 unspecified atom stereocenters. The maximum atomic E-state index is 2.47. The lowest BCUT2D eigenvalue weighted by Crippen LogP contribution is -2.18. The van der Waals surface area contributed by atoms with Crippen LogP contribution < -0.4 is 4.90 Å². The van der Waals surface area contributed by atoms with Gasteiger partial charge in [0.2, 0.25) is 0 Å². The highest BCUT2D eigenvalue weighted by Gasteiger charge is 2.22. The summed E-state index contributed by atoms with van der Waals surface area (Å²) in [6.45, 7) is 0. The summed E-state index contributed by atoms with van der Waals surface area (Å²) >= 11 is 0. The van der Waals surface area contributed by atoms with E-state index in [1.807, 2.05) is 0 Å². The standard InChI is InChI=1S/C54H39N3/c1-2-12-36(13-3-1)37-22-26-40(27-23-37)55(42-30-32-43(33-31-42)56-50-18-8-4-14-44(50)45-15-5-9-19-51(45)56)41-28-24-38(25-29-41)39-34-48-46-16-6-10-20-52(46)57-53-21-11-7-17-47(53)49(35-39)54(48)57/h1-2,4-12,14-22,24-26,28-35H,3,13,23,27H2. The Labute approximate surface area is 331 Å². The molecule has 0 saturated carbocycles. The summed E-state index contributed by atoms with van der Waals surface area (Å²) in [5.41, 5.74) is 16.5. The number of hydrogen-bond donors (Lipinski definition) is 0. The van der Waals surface area contributed by atoms with Crippen molar-refractivity contribution in [3.8, 4) is 16.8 Å². The van der Waals surface area contributed by atoms with Gasteiger partial charge in [0.25, 0.3) is 0 Å². The third-order valence-corrected chi connectivity index (χ3v) is 12.4. The molecule has 0 atom stereocenters. The fraction of sp³-hybridized carbons (Fsp3) is 0.0741. The Kier molecular flexibility index (Phi) is 7.18. The van der Waals surface area contributed by atoms with Gasteiger partial charge < -0.3 is 13.9 Å². The third-order valence-electron chi connectivity index (χ3n) is 12.4. The van der Waals surface area contributed by atoms with E-state index in [1.54, 1.807) is 0 Å². The molecule has 7 aromatic carbocycles. The number of aromatic nitrogens is 2. The summed E-state index contributed by atoms with van der Waals surface area (Å²) in [4.78, 5) is 2.47. The Morgan fingerprint density at radius 1 is 0.421 bits per heavy atom. The molecule has 2 aliphatic rings. The largest absolute Gasteiger partial charge is 0.314 e.